The number of nitrogens with one attached hydrogen (secondary N) is 1. The molecule has 1 saturated carbocycles. The lowest BCUT2D eigenvalue weighted by Gasteiger charge is -2.16. The minimum absolute atomic E-state index is 0.146. The monoisotopic (exact) mass is 371 g/mol. The molecule has 8 heteroatoms. The van der Waals surface area contributed by atoms with Crippen LogP contribution in [0.15, 0.2) is 29.2 Å². The Bertz CT molecular complexity index is 597. The first-order valence-electron chi connectivity index (χ1n) is 5.92. The molecule has 0 radical (unpaired) electrons. The fraction of sp³-hybridized carbons (Fsp3) is 0.500. The van der Waals surface area contributed by atoms with Gasteiger partial charge in [0.2, 0.25) is 10.0 Å². The molecule has 0 spiro atoms. The molecule has 3 nitrogen and oxygen atoms in total. The van der Waals surface area contributed by atoms with E-state index in [9.17, 15) is 21.6 Å². The summed E-state index contributed by atoms with van der Waals surface area (Å²) in [5.41, 5.74) is -1.29. The molecule has 112 valence electrons. The summed E-state index contributed by atoms with van der Waals surface area (Å²) < 4.78 is 64.9. The zero-order valence-electron chi connectivity index (χ0n) is 10.4. The molecule has 0 heterocycles. The molecular formula is C12H13BrF3NO2S. The van der Waals surface area contributed by atoms with Crippen molar-refractivity contribution in [2.24, 2.45) is 5.41 Å². The second-order valence-corrected chi connectivity index (χ2v) is 7.25. The van der Waals surface area contributed by atoms with Gasteiger partial charge in [-0.2, -0.15) is 13.2 Å². The summed E-state index contributed by atoms with van der Waals surface area (Å²) in [7, 11) is -4.17. The second-order valence-electron chi connectivity index (χ2n) is 4.95. The van der Waals surface area contributed by atoms with Crippen molar-refractivity contribution < 1.29 is 21.6 Å². The van der Waals surface area contributed by atoms with Gasteiger partial charge < -0.3 is 0 Å². The number of halogens is 4. The Kier molecular flexibility index (Phi) is 4.19. The van der Waals surface area contributed by atoms with E-state index in [-0.39, 0.29) is 12.0 Å². The van der Waals surface area contributed by atoms with Gasteiger partial charge in [0.1, 0.15) is 0 Å². The van der Waals surface area contributed by atoms with Crippen LogP contribution in [-0.2, 0) is 16.2 Å². The van der Waals surface area contributed by atoms with Crippen molar-refractivity contribution in [3.05, 3.63) is 29.8 Å². The van der Waals surface area contributed by atoms with Crippen molar-refractivity contribution in [1.82, 2.24) is 4.72 Å². The van der Waals surface area contributed by atoms with Gasteiger partial charge in [-0.25, -0.2) is 13.1 Å². The highest BCUT2D eigenvalue weighted by Gasteiger charge is 2.43. The highest BCUT2D eigenvalue weighted by atomic mass is 79.9. The zero-order chi connectivity index (χ0) is 15.0. The van der Waals surface area contributed by atoms with Crippen molar-refractivity contribution in [2.45, 2.75) is 23.9 Å². The van der Waals surface area contributed by atoms with E-state index >= 15 is 0 Å². The molecule has 1 aromatic carbocycles. The van der Waals surface area contributed by atoms with Gasteiger partial charge in [0.15, 0.2) is 0 Å². The molecule has 0 aliphatic heterocycles. The number of hydrogen-bond acceptors (Lipinski definition) is 2. The molecule has 0 saturated heterocycles. The molecule has 20 heavy (non-hydrogen) atoms. The average molecular weight is 372 g/mol. The number of rotatable bonds is 5. The minimum atomic E-state index is -4.70. The Morgan fingerprint density at radius 2 is 1.85 bits per heavy atom. The maximum Gasteiger partial charge on any atom is 0.417 e. The molecule has 0 aromatic heterocycles. The summed E-state index contributed by atoms with van der Waals surface area (Å²) in [5, 5.41) is 0.628. The zero-order valence-corrected chi connectivity index (χ0v) is 12.8. The molecule has 1 aliphatic rings. The molecule has 0 bridgehead atoms. The fourth-order valence-corrected chi connectivity index (χ4v) is 3.94. The standard InChI is InChI=1S/C12H13BrF3NO2S/c13-7-11(5-6-11)8-17-20(18,19)10-4-2-1-3-9(10)12(14,15)16/h1-4,17H,5-8H2. The van der Waals surface area contributed by atoms with E-state index in [4.69, 9.17) is 0 Å². The predicted octanol–water partition coefficient (Wildman–Crippen LogP) is 3.16. The molecular weight excluding hydrogens is 359 g/mol. The number of hydrogen-bond donors (Lipinski definition) is 1. The third kappa shape index (κ3) is 3.35. The summed E-state index contributed by atoms with van der Waals surface area (Å²) in [5.74, 6) is 0. The van der Waals surface area contributed by atoms with E-state index in [1.807, 2.05) is 0 Å². The van der Waals surface area contributed by atoms with Gasteiger partial charge in [-0.3, -0.25) is 0 Å². The normalized spacial score (nSPS) is 18.0. The van der Waals surface area contributed by atoms with E-state index in [2.05, 4.69) is 20.7 Å². The summed E-state index contributed by atoms with van der Waals surface area (Å²) in [6.45, 7) is 0.146. The number of sulfonamides is 1. The van der Waals surface area contributed by atoms with E-state index in [1.165, 1.54) is 12.1 Å². The fourth-order valence-electron chi connectivity index (χ4n) is 1.80. The van der Waals surface area contributed by atoms with Crippen LogP contribution >= 0.6 is 15.9 Å². The third-order valence-corrected chi connectivity index (χ3v) is 6.01. The SMILES string of the molecule is O=S(=O)(NCC1(CBr)CC1)c1ccccc1C(F)(F)F. The van der Waals surface area contributed by atoms with Gasteiger partial charge in [-0.15, -0.1) is 0 Å². The Morgan fingerprint density at radius 3 is 2.35 bits per heavy atom. The van der Waals surface area contributed by atoms with Crippen molar-refractivity contribution >= 4 is 26.0 Å². The van der Waals surface area contributed by atoms with Crippen LogP contribution in [0, 0.1) is 5.41 Å². The summed E-state index contributed by atoms with van der Waals surface area (Å²) >= 11 is 3.29. The Labute approximate surface area is 123 Å². The van der Waals surface area contributed by atoms with Gasteiger partial charge in [0.25, 0.3) is 0 Å². The average Bonchev–Trinajstić information content (AvgIpc) is 3.16. The van der Waals surface area contributed by atoms with Crippen LogP contribution < -0.4 is 4.72 Å². The molecule has 2 rings (SSSR count). The largest absolute Gasteiger partial charge is 0.417 e. The molecule has 1 aliphatic carbocycles. The smallest absolute Gasteiger partial charge is 0.211 e. The molecule has 1 fully saturated rings. The van der Waals surface area contributed by atoms with E-state index in [1.54, 1.807) is 0 Å². The topological polar surface area (TPSA) is 46.2 Å². The van der Waals surface area contributed by atoms with Crippen LogP contribution in [0.4, 0.5) is 13.2 Å². The van der Waals surface area contributed by atoms with Crippen LogP contribution in [-0.4, -0.2) is 20.3 Å². The van der Waals surface area contributed by atoms with Crippen molar-refractivity contribution in [3.63, 3.8) is 0 Å². The highest BCUT2D eigenvalue weighted by Crippen LogP contribution is 2.46. The first-order valence-corrected chi connectivity index (χ1v) is 8.53. The minimum Gasteiger partial charge on any atom is -0.211 e. The maximum atomic E-state index is 12.8. The molecule has 0 unspecified atom stereocenters. The molecule has 1 aromatic rings. The summed E-state index contributed by atoms with van der Waals surface area (Å²) in [6.07, 6.45) is -2.97. The highest BCUT2D eigenvalue weighted by molar-refractivity contribution is 9.09. The first kappa shape index (κ1) is 15.8. The second kappa shape index (κ2) is 5.31. The van der Waals surface area contributed by atoms with E-state index in [0.29, 0.717) is 5.33 Å². The van der Waals surface area contributed by atoms with Gasteiger partial charge in [-0.1, -0.05) is 28.1 Å². The van der Waals surface area contributed by atoms with E-state index < -0.39 is 26.7 Å². The predicted molar refractivity (Wildman–Crippen MR) is 72.1 cm³/mol. The molecule has 1 N–H and O–H groups in total. The van der Waals surface area contributed by atoms with Crippen LogP contribution in [0.3, 0.4) is 0 Å². The number of alkyl halides is 4. The van der Waals surface area contributed by atoms with Gasteiger partial charge in [-0.05, 0) is 30.4 Å². The molecule has 0 amide bonds. The van der Waals surface area contributed by atoms with E-state index in [0.717, 1.165) is 25.0 Å². The quantitative estimate of drug-likeness (QED) is 0.808. The summed E-state index contributed by atoms with van der Waals surface area (Å²) in [6, 6.07) is 4.19. The Balaban J connectivity index is 2.26. The van der Waals surface area contributed by atoms with Gasteiger partial charge >= 0.3 is 6.18 Å². The third-order valence-electron chi connectivity index (χ3n) is 3.36. The maximum absolute atomic E-state index is 12.8. The lowest BCUT2D eigenvalue weighted by molar-refractivity contribution is -0.139. The lowest BCUT2D eigenvalue weighted by Crippen LogP contribution is -2.32. The Morgan fingerprint density at radius 1 is 1.25 bits per heavy atom. The first-order chi connectivity index (χ1) is 9.20. The lowest BCUT2D eigenvalue weighted by atomic mass is 10.1. The van der Waals surface area contributed by atoms with Crippen molar-refractivity contribution in [2.75, 3.05) is 11.9 Å². The summed E-state index contributed by atoms with van der Waals surface area (Å²) in [4.78, 5) is -0.724. The molecule has 0 atom stereocenters. The van der Waals surface area contributed by atoms with Crippen LogP contribution in [0.1, 0.15) is 18.4 Å². The van der Waals surface area contributed by atoms with Gasteiger partial charge in [0.05, 0.1) is 10.5 Å². The van der Waals surface area contributed by atoms with Crippen molar-refractivity contribution in [3.8, 4) is 0 Å². The van der Waals surface area contributed by atoms with Crippen LogP contribution in [0.5, 0.6) is 0 Å². The van der Waals surface area contributed by atoms with Crippen LogP contribution in [0.2, 0.25) is 0 Å². The van der Waals surface area contributed by atoms with Crippen molar-refractivity contribution in [1.29, 1.82) is 0 Å². The number of benzene rings is 1. The Hall–Kier alpha value is -0.600. The van der Waals surface area contributed by atoms with Crippen LogP contribution in [0.25, 0.3) is 0 Å². The van der Waals surface area contributed by atoms with Gasteiger partial charge in [0, 0.05) is 11.9 Å².